The number of carbonyl (C=O) groups is 1. The molecule has 0 saturated heterocycles. The van der Waals surface area contributed by atoms with Crippen LogP contribution in [0.15, 0.2) is 30.1 Å². The summed E-state index contributed by atoms with van der Waals surface area (Å²) in [7, 11) is 0. The molecule has 0 amide bonds. The lowest BCUT2D eigenvalue weighted by Crippen LogP contribution is -2.46. The fourth-order valence-electron chi connectivity index (χ4n) is 4.82. The van der Waals surface area contributed by atoms with E-state index in [-0.39, 0.29) is 16.7 Å². The molecule has 3 atom stereocenters. The van der Waals surface area contributed by atoms with Crippen molar-refractivity contribution in [3.63, 3.8) is 0 Å². The van der Waals surface area contributed by atoms with Crippen molar-refractivity contribution >= 4 is 11.9 Å². The summed E-state index contributed by atoms with van der Waals surface area (Å²) >= 11 is 0. The molecule has 2 unspecified atom stereocenters. The molecule has 2 aliphatic carbocycles. The second-order valence-corrected chi connectivity index (χ2v) is 8.86. The van der Waals surface area contributed by atoms with E-state index >= 15 is 0 Å². The molecule has 27 heavy (non-hydrogen) atoms. The average Bonchev–Trinajstić information content (AvgIpc) is 2.66. The van der Waals surface area contributed by atoms with Crippen molar-refractivity contribution in [1.82, 2.24) is 9.97 Å². The summed E-state index contributed by atoms with van der Waals surface area (Å²) in [6.45, 7) is 8.46. The summed E-state index contributed by atoms with van der Waals surface area (Å²) in [4.78, 5) is 20.5. The van der Waals surface area contributed by atoms with Crippen molar-refractivity contribution in [1.29, 1.82) is 0 Å². The van der Waals surface area contributed by atoms with Gasteiger partial charge in [0.2, 0.25) is 0 Å². The van der Waals surface area contributed by atoms with Crippen LogP contribution in [-0.4, -0.2) is 27.0 Å². The maximum absolute atomic E-state index is 11.8. The number of rotatable bonds is 2. The second-order valence-electron chi connectivity index (χ2n) is 8.86. The van der Waals surface area contributed by atoms with E-state index in [4.69, 9.17) is 0 Å². The van der Waals surface area contributed by atoms with Crippen LogP contribution in [0.5, 0.6) is 0 Å². The van der Waals surface area contributed by atoms with E-state index in [1.54, 1.807) is 12.4 Å². The first-order chi connectivity index (χ1) is 12.8. The van der Waals surface area contributed by atoms with E-state index in [0.29, 0.717) is 18.6 Å². The number of carbonyl (C=O) groups excluding carboxylic acids is 1. The van der Waals surface area contributed by atoms with Crippen molar-refractivity contribution in [2.45, 2.75) is 72.3 Å². The molecular formula is C23H32N2O2. The van der Waals surface area contributed by atoms with Crippen LogP contribution in [-0.2, 0) is 4.79 Å². The van der Waals surface area contributed by atoms with Gasteiger partial charge in [-0.05, 0) is 56.9 Å². The smallest absolute Gasteiger partial charge is 0.132 e. The zero-order chi connectivity index (χ0) is 19.7. The van der Waals surface area contributed by atoms with E-state index in [1.165, 1.54) is 5.57 Å². The Morgan fingerprint density at radius 1 is 1.11 bits per heavy atom. The molecule has 0 bridgehead atoms. The Morgan fingerprint density at radius 2 is 1.78 bits per heavy atom. The summed E-state index contributed by atoms with van der Waals surface area (Å²) in [5.41, 5.74) is 2.70. The SMILES string of the molecule is C/C1=C/C2(CCC(=O)CC2)[C@@H](C)C(O)C(C)(/C=C/c2nccnc2C)CC1. The number of allylic oxidation sites excluding steroid dienone is 2. The molecule has 1 N–H and O–H groups in total. The minimum atomic E-state index is -0.469. The van der Waals surface area contributed by atoms with Crippen LogP contribution in [0.3, 0.4) is 0 Å². The lowest BCUT2D eigenvalue weighted by molar-refractivity contribution is -0.124. The standard InChI is InChI=1S/C23H32N2O2/c1-16-5-9-22(4,10-8-20-18(3)24-13-14-25-20)21(27)17(2)23(15-16)11-6-19(26)7-12-23/h8,10,13-15,17,21,27H,5-7,9,11-12H2,1-4H3/b10-8+,16-15-/t17-,21?,22?/m0/s1. The zero-order valence-corrected chi connectivity index (χ0v) is 17.0. The molecule has 1 saturated carbocycles. The number of aromatic nitrogens is 2. The number of hydrogen-bond donors (Lipinski definition) is 1. The molecular weight excluding hydrogens is 336 g/mol. The molecule has 3 rings (SSSR count). The predicted octanol–water partition coefficient (Wildman–Crippen LogP) is 4.67. The van der Waals surface area contributed by atoms with Gasteiger partial charge < -0.3 is 5.11 Å². The van der Waals surface area contributed by atoms with Crippen LogP contribution >= 0.6 is 0 Å². The summed E-state index contributed by atoms with van der Waals surface area (Å²) < 4.78 is 0. The van der Waals surface area contributed by atoms with Gasteiger partial charge in [-0.1, -0.05) is 31.6 Å². The van der Waals surface area contributed by atoms with Crippen LogP contribution in [0, 0.1) is 23.7 Å². The van der Waals surface area contributed by atoms with Gasteiger partial charge in [-0.15, -0.1) is 0 Å². The molecule has 2 aliphatic rings. The van der Waals surface area contributed by atoms with E-state index in [9.17, 15) is 9.90 Å². The van der Waals surface area contributed by atoms with Gasteiger partial charge in [-0.25, -0.2) is 0 Å². The fourth-order valence-corrected chi connectivity index (χ4v) is 4.82. The third kappa shape index (κ3) is 4.06. The lowest BCUT2D eigenvalue weighted by atomic mass is 9.58. The van der Waals surface area contributed by atoms with E-state index in [2.05, 4.69) is 42.9 Å². The number of ketones is 1. The monoisotopic (exact) mass is 368 g/mol. The Balaban J connectivity index is 1.93. The van der Waals surface area contributed by atoms with Crippen molar-refractivity contribution in [3.05, 3.63) is 41.5 Å². The first kappa shape index (κ1) is 19.9. The van der Waals surface area contributed by atoms with Crippen LogP contribution < -0.4 is 0 Å². The molecule has 4 nitrogen and oxygen atoms in total. The summed E-state index contributed by atoms with van der Waals surface area (Å²) in [5, 5.41) is 11.4. The van der Waals surface area contributed by atoms with Crippen molar-refractivity contribution < 1.29 is 9.90 Å². The highest BCUT2D eigenvalue weighted by atomic mass is 16.3. The summed E-state index contributed by atoms with van der Waals surface area (Å²) in [6, 6.07) is 0. The zero-order valence-electron chi connectivity index (χ0n) is 17.0. The van der Waals surface area contributed by atoms with Gasteiger partial charge in [0.1, 0.15) is 5.78 Å². The Bertz CT molecular complexity index is 757. The topological polar surface area (TPSA) is 63.1 Å². The number of aliphatic hydroxyl groups excluding tert-OH is 1. The minimum Gasteiger partial charge on any atom is -0.392 e. The minimum absolute atomic E-state index is 0.0740. The van der Waals surface area contributed by atoms with Gasteiger partial charge in [0.15, 0.2) is 0 Å². The maximum atomic E-state index is 11.8. The first-order valence-electron chi connectivity index (χ1n) is 10.1. The van der Waals surface area contributed by atoms with Gasteiger partial charge in [0.25, 0.3) is 0 Å². The molecule has 1 aromatic rings. The molecule has 1 fully saturated rings. The fraction of sp³-hybridized carbons (Fsp3) is 0.609. The molecule has 1 heterocycles. The largest absolute Gasteiger partial charge is 0.392 e. The van der Waals surface area contributed by atoms with E-state index in [0.717, 1.165) is 37.1 Å². The van der Waals surface area contributed by atoms with Crippen molar-refractivity contribution in [2.75, 3.05) is 0 Å². The Kier molecular flexibility index (Phi) is 5.66. The third-order valence-corrected chi connectivity index (χ3v) is 6.93. The second kappa shape index (κ2) is 7.67. The quantitative estimate of drug-likeness (QED) is 0.771. The van der Waals surface area contributed by atoms with Gasteiger partial charge in [-0.2, -0.15) is 0 Å². The summed E-state index contributed by atoms with van der Waals surface area (Å²) in [6.07, 6.45) is 14.3. The number of Topliss-reactive ketones (excluding diaryl/α,β-unsaturated/α-hetero) is 1. The first-order valence-corrected chi connectivity index (χ1v) is 10.1. The molecule has 4 heteroatoms. The van der Waals surface area contributed by atoms with Gasteiger partial charge >= 0.3 is 0 Å². The molecule has 1 spiro atoms. The Morgan fingerprint density at radius 3 is 2.44 bits per heavy atom. The molecule has 0 radical (unpaired) electrons. The van der Waals surface area contributed by atoms with Crippen LogP contribution in [0.1, 0.15) is 70.7 Å². The number of hydrogen-bond acceptors (Lipinski definition) is 4. The van der Waals surface area contributed by atoms with Crippen molar-refractivity contribution in [2.24, 2.45) is 16.7 Å². The Hall–Kier alpha value is -1.81. The number of nitrogens with zero attached hydrogens (tertiary/aromatic N) is 2. The molecule has 1 aromatic heterocycles. The predicted molar refractivity (Wildman–Crippen MR) is 108 cm³/mol. The average molecular weight is 369 g/mol. The van der Waals surface area contributed by atoms with E-state index in [1.807, 2.05) is 13.0 Å². The number of aliphatic hydroxyl groups is 1. The molecule has 0 aliphatic heterocycles. The maximum Gasteiger partial charge on any atom is 0.132 e. The van der Waals surface area contributed by atoms with Crippen LogP contribution in [0.4, 0.5) is 0 Å². The molecule has 0 aromatic carbocycles. The lowest BCUT2D eigenvalue weighted by Gasteiger charge is -2.48. The Labute approximate surface area is 162 Å². The van der Waals surface area contributed by atoms with Gasteiger partial charge in [-0.3, -0.25) is 14.8 Å². The normalized spacial score (nSPS) is 33.5. The highest BCUT2D eigenvalue weighted by molar-refractivity contribution is 5.79. The third-order valence-electron chi connectivity index (χ3n) is 6.93. The van der Waals surface area contributed by atoms with Crippen LogP contribution in [0.25, 0.3) is 6.08 Å². The van der Waals surface area contributed by atoms with Crippen LogP contribution in [0.2, 0.25) is 0 Å². The molecule has 146 valence electrons. The summed E-state index contributed by atoms with van der Waals surface area (Å²) in [5.74, 6) is 0.453. The highest BCUT2D eigenvalue weighted by Gasteiger charge is 2.46. The number of aryl methyl sites for hydroxylation is 1. The highest BCUT2D eigenvalue weighted by Crippen LogP contribution is 2.51. The van der Waals surface area contributed by atoms with Crippen molar-refractivity contribution in [3.8, 4) is 0 Å². The van der Waals surface area contributed by atoms with E-state index < -0.39 is 6.10 Å². The van der Waals surface area contributed by atoms with Gasteiger partial charge in [0, 0.05) is 30.7 Å². The van der Waals surface area contributed by atoms with Gasteiger partial charge in [0.05, 0.1) is 17.5 Å².